The number of fused-ring (bicyclic) bond motifs is 1. The molecule has 0 saturated carbocycles. The van der Waals surface area contributed by atoms with Crippen LogP contribution in [0.2, 0.25) is 0 Å². The first kappa shape index (κ1) is 37.0. The summed E-state index contributed by atoms with van der Waals surface area (Å²) < 4.78 is 39.9. The zero-order chi connectivity index (χ0) is 25.5. The molecule has 2 unspecified atom stereocenters. The molecule has 6 atom stereocenters. The minimum atomic E-state index is -5.68. The van der Waals surface area contributed by atoms with Crippen LogP contribution >= 0.6 is 26.8 Å². The number of aliphatic hydroxyl groups excluding tert-OH is 2. The van der Waals surface area contributed by atoms with Crippen molar-refractivity contribution < 1.29 is 136 Å². The Labute approximate surface area is 285 Å². The summed E-state index contributed by atoms with van der Waals surface area (Å²) in [5.74, 6) is -2.59. The number of thiazole rings is 1. The Morgan fingerprint density at radius 2 is 1.76 bits per heavy atom. The number of nitrogens with two attached hydrogens (primary N) is 1. The van der Waals surface area contributed by atoms with Crippen molar-refractivity contribution in [1.29, 1.82) is 0 Å². The van der Waals surface area contributed by atoms with E-state index in [1.54, 1.807) is 18.2 Å². The molecule has 1 aliphatic rings. The third-order valence-electron chi connectivity index (χ3n) is 4.90. The van der Waals surface area contributed by atoms with Gasteiger partial charge in [-0.15, -0.1) is 11.3 Å². The predicted molar refractivity (Wildman–Crippen MR) is 113 cm³/mol. The number of benzene rings is 1. The SMILES string of the molecule is Nc1ccn([C@@H]2O[C@H](COP(=O)([O-])OC(c3nc4ccccc4s3)P(=O)([O-])[O-])[C@@H](O)[C@H]2O)c(=O)n1.[Na+].[Na+].[Na+]. The van der Waals surface area contributed by atoms with E-state index in [0.29, 0.717) is 10.2 Å². The maximum absolute atomic E-state index is 12.3. The maximum Gasteiger partial charge on any atom is 1.00 e. The van der Waals surface area contributed by atoms with Gasteiger partial charge in [0.15, 0.2) is 6.23 Å². The Balaban J connectivity index is 0.00000241. The van der Waals surface area contributed by atoms with Crippen molar-refractivity contribution in [2.45, 2.75) is 30.4 Å². The van der Waals surface area contributed by atoms with Crippen LogP contribution in [-0.2, 0) is 22.9 Å². The van der Waals surface area contributed by atoms with Crippen LogP contribution in [0.4, 0.5) is 5.82 Å². The smallest absolute Gasteiger partial charge is 0.809 e. The molecule has 1 fully saturated rings. The number of anilines is 1. The summed E-state index contributed by atoms with van der Waals surface area (Å²) >= 11 is 0.748. The molecule has 0 amide bonds. The largest absolute Gasteiger partial charge is 1.00 e. The normalized spacial score (nSPS) is 23.5. The molecule has 2 aromatic heterocycles. The fraction of sp³-hybridized carbons (Fsp3) is 0.353. The molecule has 1 saturated heterocycles. The predicted octanol–water partition coefficient (Wildman–Crippen LogP) is -10.8. The van der Waals surface area contributed by atoms with E-state index >= 15 is 0 Å². The molecule has 0 spiro atoms. The molecule has 0 radical (unpaired) electrons. The first-order valence-corrected chi connectivity index (χ1v) is 13.6. The number of phosphoric ester groups is 1. The average molecular weight is 616 g/mol. The van der Waals surface area contributed by atoms with Gasteiger partial charge in [0.2, 0.25) is 0 Å². The van der Waals surface area contributed by atoms with E-state index < -0.39 is 63.1 Å². The van der Waals surface area contributed by atoms with Gasteiger partial charge in [0.05, 0.1) is 16.8 Å². The fourth-order valence-electron chi connectivity index (χ4n) is 3.27. The van der Waals surface area contributed by atoms with Gasteiger partial charge in [0.25, 0.3) is 7.82 Å². The first-order valence-electron chi connectivity index (χ1n) is 9.73. The van der Waals surface area contributed by atoms with Gasteiger partial charge in [-0.25, -0.2) is 9.78 Å². The van der Waals surface area contributed by atoms with Crippen LogP contribution in [0.1, 0.15) is 17.1 Å². The van der Waals surface area contributed by atoms with E-state index in [9.17, 15) is 38.8 Å². The summed E-state index contributed by atoms with van der Waals surface area (Å²) in [6.45, 7) is -0.943. The third kappa shape index (κ3) is 8.72. The molecule has 3 heterocycles. The van der Waals surface area contributed by atoms with Gasteiger partial charge < -0.3 is 49.0 Å². The van der Waals surface area contributed by atoms with Gasteiger partial charge in [0, 0.05) is 6.20 Å². The summed E-state index contributed by atoms with van der Waals surface area (Å²) in [4.78, 5) is 55.2. The molecule has 15 nitrogen and oxygen atoms in total. The second-order valence-electron chi connectivity index (χ2n) is 7.35. The van der Waals surface area contributed by atoms with Gasteiger partial charge in [0.1, 0.15) is 35.0 Å². The van der Waals surface area contributed by atoms with E-state index in [1.165, 1.54) is 12.1 Å². The molecule has 0 bridgehead atoms. The van der Waals surface area contributed by atoms with Gasteiger partial charge >= 0.3 is 94.4 Å². The summed E-state index contributed by atoms with van der Waals surface area (Å²) in [5.41, 5.74) is 4.82. The number of rotatable bonds is 8. The van der Waals surface area contributed by atoms with E-state index in [1.807, 2.05) is 0 Å². The molecule has 21 heteroatoms. The van der Waals surface area contributed by atoms with Crippen LogP contribution in [0, 0.1) is 0 Å². The third-order valence-corrected chi connectivity index (χ3v) is 8.18. The number of nitrogen functional groups attached to an aromatic ring is 1. The standard InChI is InChI=1S/C17H20N4O11P2S.3Na/c18-11-5-6-21(17(24)20-11)15-13(23)12(22)9(31-15)7-30-34(28,29)32-16(33(25,26)27)14-19-8-3-1-2-4-10(8)35-14;;;/h1-6,9,12-13,15-16,22-23H,7H2,(H,28,29)(H2,18,20,24)(H2,25,26,27);;;/q;3*+1/p-3/t9-,12-,13-,15-,16?;;;/m1.../s1. The fourth-order valence-corrected chi connectivity index (χ4v) is 6.64. The zero-order valence-electron chi connectivity index (χ0n) is 20.3. The second kappa shape index (κ2) is 14.9. The minimum absolute atomic E-state index is 0. The minimum Gasteiger partial charge on any atom is -0.809 e. The van der Waals surface area contributed by atoms with Crippen LogP contribution in [0.5, 0.6) is 0 Å². The van der Waals surface area contributed by atoms with Gasteiger partial charge in [-0.1, -0.05) is 12.1 Å². The Morgan fingerprint density at radius 1 is 1.11 bits per heavy atom. The van der Waals surface area contributed by atoms with E-state index in [4.69, 9.17) is 10.5 Å². The van der Waals surface area contributed by atoms with Crippen molar-refractivity contribution >= 4 is 42.8 Å². The van der Waals surface area contributed by atoms with Crippen molar-refractivity contribution in [2.75, 3.05) is 12.3 Å². The monoisotopic (exact) mass is 616 g/mol. The van der Waals surface area contributed by atoms with E-state index in [2.05, 4.69) is 19.0 Å². The number of ether oxygens (including phenoxy) is 1. The summed E-state index contributed by atoms with van der Waals surface area (Å²) in [6.07, 6.45) is -5.19. The second-order valence-corrected chi connectivity index (χ2v) is 11.3. The Hall–Kier alpha value is 0.930. The van der Waals surface area contributed by atoms with Crippen LogP contribution in [0.25, 0.3) is 10.2 Å². The quantitative estimate of drug-likeness (QED) is 0.157. The van der Waals surface area contributed by atoms with E-state index in [-0.39, 0.29) is 94.5 Å². The first-order chi connectivity index (χ1) is 16.4. The molecule has 3 aromatic rings. The molecular formula is C17H17N4Na3O11P2S. The Morgan fingerprint density at radius 3 is 2.37 bits per heavy atom. The van der Waals surface area contributed by atoms with Crippen molar-refractivity contribution in [3.63, 3.8) is 0 Å². The maximum atomic E-state index is 12.3. The number of phosphoric acid groups is 1. The van der Waals surface area contributed by atoms with Gasteiger partial charge in [-0.05, 0) is 25.8 Å². The Bertz CT molecular complexity index is 1360. The molecule has 38 heavy (non-hydrogen) atoms. The number of hydrogen-bond acceptors (Lipinski definition) is 15. The Kier molecular flexibility index (Phi) is 14.5. The van der Waals surface area contributed by atoms with Crippen LogP contribution < -0.4 is 115 Å². The van der Waals surface area contributed by atoms with Crippen molar-refractivity contribution in [3.8, 4) is 0 Å². The number of para-hydroxylation sites is 1. The van der Waals surface area contributed by atoms with Crippen LogP contribution in [0.15, 0.2) is 41.3 Å². The number of nitrogens with zero attached hydrogens (tertiary/aromatic N) is 3. The van der Waals surface area contributed by atoms with Gasteiger partial charge in [-0.2, -0.15) is 4.98 Å². The molecule has 1 aromatic carbocycles. The summed E-state index contributed by atoms with van der Waals surface area (Å²) in [7, 11) is -11.2. The topological polar surface area (TPSA) is 245 Å². The zero-order valence-corrected chi connectivity index (χ0v) is 29.0. The molecule has 4 N–H and O–H groups in total. The van der Waals surface area contributed by atoms with Crippen molar-refractivity contribution in [2.24, 2.45) is 0 Å². The van der Waals surface area contributed by atoms with Crippen molar-refractivity contribution in [1.82, 2.24) is 14.5 Å². The van der Waals surface area contributed by atoms with Crippen LogP contribution in [-0.4, -0.2) is 49.7 Å². The number of aromatic nitrogens is 3. The molecule has 4 rings (SSSR count). The van der Waals surface area contributed by atoms with Crippen molar-refractivity contribution in [3.05, 3.63) is 52.0 Å². The molecule has 1 aliphatic heterocycles. The van der Waals surface area contributed by atoms with Crippen LogP contribution in [0.3, 0.4) is 0 Å². The average Bonchev–Trinajstić information content (AvgIpc) is 3.32. The summed E-state index contributed by atoms with van der Waals surface area (Å²) in [6, 6.07) is 7.60. The molecular weight excluding hydrogens is 599 g/mol. The van der Waals surface area contributed by atoms with E-state index in [0.717, 1.165) is 22.1 Å². The molecule has 0 aliphatic carbocycles. The summed E-state index contributed by atoms with van der Waals surface area (Å²) in [5, 5.41) is 20.0. The molecule has 190 valence electrons. The van der Waals surface area contributed by atoms with Gasteiger partial charge in [-0.3, -0.25) is 9.13 Å². The number of aliphatic hydroxyl groups is 2. The number of hydrogen-bond donors (Lipinski definition) is 3.